The van der Waals surface area contributed by atoms with Gasteiger partial charge in [-0.2, -0.15) is 10.1 Å². The van der Waals surface area contributed by atoms with E-state index >= 15 is 0 Å². The van der Waals surface area contributed by atoms with Gasteiger partial charge in [0.2, 0.25) is 5.95 Å². The molecule has 10 heteroatoms. The molecule has 2 aromatic heterocycles. The van der Waals surface area contributed by atoms with Crippen molar-refractivity contribution in [1.82, 2.24) is 25.1 Å². The number of rotatable bonds is 6. The molecule has 3 N–H and O–H groups in total. The predicted octanol–water partition coefficient (Wildman–Crippen LogP) is 5.34. The van der Waals surface area contributed by atoms with Gasteiger partial charge in [0.25, 0.3) is 0 Å². The average molecular weight is 468 g/mol. The van der Waals surface area contributed by atoms with Gasteiger partial charge in [-0.1, -0.05) is 47.5 Å². The number of nitrogens with zero attached hydrogens (tertiary/aromatic N) is 4. The van der Waals surface area contributed by atoms with Gasteiger partial charge >= 0.3 is 6.03 Å². The zero-order valence-corrected chi connectivity index (χ0v) is 18.5. The van der Waals surface area contributed by atoms with Gasteiger partial charge in [-0.25, -0.2) is 14.5 Å². The van der Waals surface area contributed by atoms with Gasteiger partial charge < -0.3 is 16.0 Å². The Bertz CT molecular complexity index is 1260. The van der Waals surface area contributed by atoms with Crippen LogP contribution in [0, 0.1) is 6.92 Å². The third kappa shape index (κ3) is 5.35. The monoisotopic (exact) mass is 467 g/mol. The number of hydrogen-bond donors (Lipinski definition) is 3. The molecule has 0 saturated carbocycles. The van der Waals surface area contributed by atoms with E-state index in [1.54, 1.807) is 41.5 Å². The van der Waals surface area contributed by atoms with Crippen molar-refractivity contribution in [2.75, 3.05) is 10.6 Å². The molecule has 0 spiro atoms. The third-order valence-corrected chi connectivity index (χ3v) is 5.03. The van der Waals surface area contributed by atoms with E-state index in [2.05, 4.69) is 31.0 Å². The molecule has 0 saturated heterocycles. The summed E-state index contributed by atoms with van der Waals surface area (Å²) in [5, 5.41) is 14.1. The highest BCUT2D eigenvalue weighted by Crippen LogP contribution is 2.24. The summed E-state index contributed by atoms with van der Waals surface area (Å²) in [6.45, 7) is 2.23. The number of benzene rings is 2. The first kappa shape index (κ1) is 21.6. The largest absolute Gasteiger partial charge is 0.334 e. The molecule has 0 fully saturated rings. The number of anilines is 3. The highest BCUT2D eigenvalue weighted by atomic mass is 35.5. The first-order valence-electron chi connectivity index (χ1n) is 9.67. The summed E-state index contributed by atoms with van der Waals surface area (Å²) >= 11 is 12.2. The SMILES string of the molecule is Cc1cnc(Nc2ccccc2Cl)nc1-n1cc(NC(=O)NCc2cccc(Cl)c2)cn1. The van der Waals surface area contributed by atoms with Crippen molar-refractivity contribution >= 4 is 46.6 Å². The molecular weight excluding hydrogens is 449 g/mol. The Hall–Kier alpha value is -3.62. The van der Waals surface area contributed by atoms with Gasteiger partial charge in [-0.15, -0.1) is 0 Å². The minimum absolute atomic E-state index is 0.350. The third-order valence-electron chi connectivity index (χ3n) is 4.46. The van der Waals surface area contributed by atoms with Crippen molar-refractivity contribution in [3.05, 3.63) is 88.3 Å². The zero-order chi connectivity index (χ0) is 22.5. The number of aromatic nitrogens is 4. The zero-order valence-electron chi connectivity index (χ0n) is 17.0. The average Bonchev–Trinajstić information content (AvgIpc) is 3.23. The normalized spacial score (nSPS) is 10.6. The Morgan fingerprint density at radius 3 is 2.75 bits per heavy atom. The van der Waals surface area contributed by atoms with Crippen LogP contribution < -0.4 is 16.0 Å². The Balaban J connectivity index is 1.43. The van der Waals surface area contributed by atoms with E-state index in [9.17, 15) is 4.79 Å². The molecule has 4 rings (SSSR count). The number of nitrogens with one attached hydrogen (secondary N) is 3. The summed E-state index contributed by atoms with van der Waals surface area (Å²) in [5.74, 6) is 0.949. The maximum atomic E-state index is 12.2. The first-order chi connectivity index (χ1) is 15.5. The van der Waals surface area contributed by atoms with Crippen molar-refractivity contribution in [2.45, 2.75) is 13.5 Å². The molecule has 0 radical (unpaired) electrons. The maximum absolute atomic E-state index is 12.2. The van der Waals surface area contributed by atoms with Crippen molar-refractivity contribution in [1.29, 1.82) is 0 Å². The van der Waals surface area contributed by atoms with Gasteiger partial charge in [0.1, 0.15) is 0 Å². The number of hydrogen-bond acceptors (Lipinski definition) is 5. The molecule has 2 heterocycles. The maximum Gasteiger partial charge on any atom is 0.319 e. The molecule has 2 aromatic carbocycles. The van der Waals surface area contributed by atoms with Gasteiger partial charge in [0.05, 0.1) is 28.8 Å². The van der Waals surface area contributed by atoms with E-state index < -0.39 is 0 Å². The van der Waals surface area contributed by atoms with Crippen LogP contribution >= 0.6 is 23.2 Å². The van der Waals surface area contributed by atoms with Crippen LogP contribution in [0.5, 0.6) is 0 Å². The molecule has 8 nitrogen and oxygen atoms in total. The number of para-hydroxylation sites is 1. The van der Waals surface area contributed by atoms with E-state index in [0.29, 0.717) is 39.7 Å². The predicted molar refractivity (Wildman–Crippen MR) is 126 cm³/mol. The molecule has 162 valence electrons. The van der Waals surface area contributed by atoms with Gasteiger partial charge in [-0.05, 0) is 36.8 Å². The Labute approximate surface area is 194 Å². The summed E-state index contributed by atoms with van der Waals surface area (Å²) in [6, 6.07) is 14.3. The quantitative estimate of drug-likeness (QED) is 0.355. The van der Waals surface area contributed by atoms with Crippen LogP contribution in [-0.4, -0.2) is 25.8 Å². The fourth-order valence-corrected chi connectivity index (χ4v) is 3.31. The molecule has 0 aliphatic heterocycles. The summed E-state index contributed by atoms with van der Waals surface area (Å²) in [7, 11) is 0. The molecule has 0 aliphatic rings. The minimum atomic E-state index is -0.356. The van der Waals surface area contributed by atoms with Crippen LogP contribution in [0.2, 0.25) is 10.0 Å². The fraction of sp³-hybridized carbons (Fsp3) is 0.0909. The lowest BCUT2D eigenvalue weighted by Crippen LogP contribution is -2.28. The summed E-state index contributed by atoms with van der Waals surface area (Å²) in [6.07, 6.45) is 4.91. The van der Waals surface area contributed by atoms with Crippen molar-refractivity contribution in [3.63, 3.8) is 0 Å². The van der Waals surface area contributed by atoms with E-state index in [1.807, 2.05) is 37.3 Å². The van der Waals surface area contributed by atoms with Crippen molar-refractivity contribution < 1.29 is 4.79 Å². The summed E-state index contributed by atoms with van der Waals surface area (Å²) < 4.78 is 1.57. The lowest BCUT2D eigenvalue weighted by atomic mass is 10.2. The van der Waals surface area contributed by atoms with E-state index in [1.165, 1.54) is 0 Å². The molecule has 4 aromatic rings. The van der Waals surface area contributed by atoms with E-state index in [0.717, 1.165) is 11.1 Å². The molecule has 0 bridgehead atoms. The molecular formula is C22H19Cl2N7O. The van der Waals surface area contributed by atoms with Crippen LogP contribution in [0.1, 0.15) is 11.1 Å². The van der Waals surface area contributed by atoms with Crippen LogP contribution in [0.15, 0.2) is 67.1 Å². The molecule has 0 aliphatic carbocycles. The summed E-state index contributed by atoms with van der Waals surface area (Å²) in [5.41, 5.74) is 2.93. The minimum Gasteiger partial charge on any atom is -0.334 e. The molecule has 0 unspecified atom stereocenters. The van der Waals surface area contributed by atoms with E-state index in [-0.39, 0.29) is 6.03 Å². The van der Waals surface area contributed by atoms with Gasteiger partial charge in [-0.3, -0.25) is 0 Å². The fourth-order valence-electron chi connectivity index (χ4n) is 2.92. The van der Waals surface area contributed by atoms with Gasteiger partial charge in [0, 0.05) is 23.3 Å². The highest BCUT2D eigenvalue weighted by molar-refractivity contribution is 6.33. The lowest BCUT2D eigenvalue weighted by molar-refractivity contribution is 0.251. The molecule has 32 heavy (non-hydrogen) atoms. The second kappa shape index (κ2) is 9.67. The van der Waals surface area contributed by atoms with Gasteiger partial charge in [0.15, 0.2) is 5.82 Å². The Kier molecular flexibility index (Phi) is 6.53. The lowest BCUT2D eigenvalue weighted by Gasteiger charge is -2.10. The standard InChI is InChI=1S/C22H19Cl2N7O/c1-14-10-25-21(29-19-8-3-2-7-18(19)24)30-20(14)31-13-17(12-27-31)28-22(32)26-11-15-5-4-6-16(23)9-15/h2-10,12-13H,11H2,1H3,(H,25,29,30)(H2,26,28,32). The second-order valence-corrected chi connectivity index (χ2v) is 7.76. The summed E-state index contributed by atoms with van der Waals surface area (Å²) in [4.78, 5) is 21.1. The van der Waals surface area contributed by atoms with Crippen LogP contribution in [0.25, 0.3) is 5.82 Å². The number of aryl methyl sites for hydroxylation is 1. The Morgan fingerprint density at radius 1 is 1.09 bits per heavy atom. The van der Waals surface area contributed by atoms with Crippen LogP contribution in [0.4, 0.5) is 22.1 Å². The second-order valence-electron chi connectivity index (χ2n) is 6.92. The number of carbonyl (C=O) groups is 1. The van der Waals surface area contributed by atoms with Crippen molar-refractivity contribution in [2.24, 2.45) is 0 Å². The first-order valence-corrected chi connectivity index (χ1v) is 10.4. The molecule has 0 atom stereocenters. The van der Waals surface area contributed by atoms with E-state index in [4.69, 9.17) is 23.2 Å². The smallest absolute Gasteiger partial charge is 0.319 e. The number of urea groups is 1. The van der Waals surface area contributed by atoms with Crippen LogP contribution in [-0.2, 0) is 6.54 Å². The number of halogens is 2. The topological polar surface area (TPSA) is 96.8 Å². The van der Waals surface area contributed by atoms with Crippen LogP contribution in [0.3, 0.4) is 0 Å². The number of carbonyl (C=O) groups excluding carboxylic acids is 1. The Morgan fingerprint density at radius 2 is 1.94 bits per heavy atom. The van der Waals surface area contributed by atoms with Crippen molar-refractivity contribution in [3.8, 4) is 5.82 Å². The molecule has 2 amide bonds. The number of amides is 2. The highest BCUT2D eigenvalue weighted by Gasteiger charge is 2.11.